The van der Waals surface area contributed by atoms with Crippen LogP contribution in [-0.4, -0.2) is 30.7 Å². The fourth-order valence-corrected chi connectivity index (χ4v) is 2.61. The van der Waals surface area contributed by atoms with E-state index in [1.165, 1.54) is 0 Å². The molecule has 126 valence electrons. The lowest BCUT2D eigenvalue weighted by molar-refractivity contribution is -0.124. The van der Waals surface area contributed by atoms with Gasteiger partial charge >= 0.3 is 0 Å². The average Bonchev–Trinajstić information content (AvgIpc) is 3.16. The summed E-state index contributed by atoms with van der Waals surface area (Å²) in [7, 11) is 1.66. The third-order valence-electron chi connectivity index (χ3n) is 3.91. The second-order valence-corrected chi connectivity index (χ2v) is 5.59. The molecule has 1 amide bonds. The number of aromatic nitrogens is 1. The number of carbonyl (C=O) groups is 1. The maximum atomic E-state index is 12.0. The number of para-hydroxylation sites is 1. The van der Waals surface area contributed by atoms with Gasteiger partial charge in [0.15, 0.2) is 0 Å². The summed E-state index contributed by atoms with van der Waals surface area (Å²) >= 11 is 0. The van der Waals surface area contributed by atoms with Crippen molar-refractivity contribution in [2.75, 3.05) is 24.4 Å². The molecule has 1 aliphatic heterocycles. The van der Waals surface area contributed by atoms with Gasteiger partial charge in [-0.15, -0.1) is 0 Å². The number of anilines is 2. The van der Waals surface area contributed by atoms with Crippen LogP contribution < -0.4 is 15.4 Å². The number of ether oxygens (including phenoxy) is 2. The second-order valence-electron chi connectivity index (χ2n) is 5.59. The molecule has 1 saturated heterocycles. The van der Waals surface area contributed by atoms with Crippen molar-refractivity contribution in [1.29, 1.82) is 0 Å². The van der Waals surface area contributed by atoms with Crippen LogP contribution in [-0.2, 0) is 16.1 Å². The standard InChI is InChI=1S/C18H21N3O3/c1-23-15-6-3-2-5-13(15)11-19-17-9-8-14(12-20-17)21-18(22)16-7-4-10-24-16/h2-3,5-6,8-9,12,16H,4,7,10-11H2,1H3,(H,19,20)(H,21,22). The predicted octanol–water partition coefficient (Wildman–Crippen LogP) is 2.82. The van der Waals surface area contributed by atoms with Crippen LogP contribution in [0.15, 0.2) is 42.6 Å². The molecule has 2 heterocycles. The van der Waals surface area contributed by atoms with Gasteiger partial charge in [-0.1, -0.05) is 18.2 Å². The fraction of sp³-hybridized carbons (Fsp3) is 0.333. The lowest BCUT2D eigenvalue weighted by Crippen LogP contribution is -2.26. The number of carbonyl (C=O) groups excluding carboxylic acids is 1. The Kier molecular flexibility index (Phi) is 5.28. The first-order valence-electron chi connectivity index (χ1n) is 8.00. The van der Waals surface area contributed by atoms with Crippen molar-refractivity contribution < 1.29 is 14.3 Å². The Bertz CT molecular complexity index is 682. The number of hydrogen-bond acceptors (Lipinski definition) is 5. The highest BCUT2D eigenvalue weighted by Gasteiger charge is 2.23. The topological polar surface area (TPSA) is 72.5 Å². The Balaban J connectivity index is 1.55. The van der Waals surface area contributed by atoms with E-state index in [-0.39, 0.29) is 12.0 Å². The molecule has 2 N–H and O–H groups in total. The SMILES string of the molecule is COc1ccccc1CNc1ccc(NC(=O)C2CCCO2)cn1. The van der Waals surface area contributed by atoms with Crippen LogP contribution in [0, 0.1) is 0 Å². The summed E-state index contributed by atoms with van der Waals surface area (Å²) < 4.78 is 10.7. The number of amides is 1. The van der Waals surface area contributed by atoms with Crippen molar-refractivity contribution in [1.82, 2.24) is 4.98 Å². The molecule has 0 aliphatic carbocycles. The second kappa shape index (κ2) is 7.79. The third kappa shape index (κ3) is 4.02. The zero-order valence-corrected chi connectivity index (χ0v) is 13.6. The number of nitrogens with zero attached hydrogens (tertiary/aromatic N) is 1. The summed E-state index contributed by atoms with van der Waals surface area (Å²) in [5.41, 5.74) is 1.72. The van der Waals surface area contributed by atoms with E-state index in [4.69, 9.17) is 9.47 Å². The molecule has 0 bridgehead atoms. The monoisotopic (exact) mass is 327 g/mol. The van der Waals surface area contributed by atoms with Gasteiger partial charge in [-0.2, -0.15) is 0 Å². The lowest BCUT2D eigenvalue weighted by atomic mass is 10.2. The van der Waals surface area contributed by atoms with Crippen LogP contribution in [0.1, 0.15) is 18.4 Å². The zero-order valence-electron chi connectivity index (χ0n) is 13.6. The van der Waals surface area contributed by atoms with Crippen LogP contribution in [0.4, 0.5) is 11.5 Å². The number of methoxy groups -OCH3 is 1. The highest BCUT2D eigenvalue weighted by Crippen LogP contribution is 2.19. The molecule has 1 aromatic heterocycles. The number of nitrogens with one attached hydrogen (secondary N) is 2. The highest BCUT2D eigenvalue weighted by molar-refractivity contribution is 5.94. The van der Waals surface area contributed by atoms with Crippen molar-refractivity contribution in [2.45, 2.75) is 25.5 Å². The Morgan fingerprint density at radius 3 is 2.92 bits per heavy atom. The van der Waals surface area contributed by atoms with Gasteiger partial charge in [-0.05, 0) is 31.0 Å². The molecule has 6 heteroatoms. The van der Waals surface area contributed by atoms with Gasteiger partial charge in [0.2, 0.25) is 0 Å². The van der Waals surface area contributed by atoms with E-state index >= 15 is 0 Å². The largest absolute Gasteiger partial charge is 0.496 e. The minimum absolute atomic E-state index is 0.107. The maximum Gasteiger partial charge on any atom is 0.253 e. The average molecular weight is 327 g/mol. The minimum Gasteiger partial charge on any atom is -0.496 e. The minimum atomic E-state index is -0.339. The van der Waals surface area contributed by atoms with Crippen molar-refractivity contribution in [2.24, 2.45) is 0 Å². The first-order chi connectivity index (χ1) is 11.8. The van der Waals surface area contributed by atoms with Gasteiger partial charge < -0.3 is 20.1 Å². The molecular weight excluding hydrogens is 306 g/mol. The van der Waals surface area contributed by atoms with Crippen LogP contribution in [0.25, 0.3) is 0 Å². The van der Waals surface area contributed by atoms with Gasteiger partial charge in [0.25, 0.3) is 5.91 Å². The molecular formula is C18H21N3O3. The molecule has 2 aromatic rings. The Morgan fingerprint density at radius 2 is 2.21 bits per heavy atom. The van der Waals surface area contributed by atoms with E-state index in [1.54, 1.807) is 13.3 Å². The summed E-state index contributed by atoms with van der Waals surface area (Å²) in [6.45, 7) is 1.26. The predicted molar refractivity (Wildman–Crippen MR) is 92.2 cm³/mol. The van der Waals surface area contributed by atoms with Crippen LogP contribution in [0.5, 0.6) is 5.75 Å². The number of rotatable bonds is 6. The van der Waals surface area contributed by atoms with Crippen molar-refractivity contribution in [3.63, 3.8) is 0 Å². The zero-order chi connectivity index (χ0) is 16.8. The van der Waals surface area contributed by atoms with Crippen LogP contribution in [0.3, 0.4) is 0 Å². The van der Waals surface area contributed by atoms with E-state index in [0.717, 1.165) is 30.0 Å². The summed E-state index contributed by atoms with van der Waals surface area (Å²) in [6, 6.07) is 11.5. The molecule has 1 fully saturated rings. The summed E-state index contributed by atoms with van der Waals surface area (Å²) in [5, 5.41) is 6.07. The molecule has 24 heavy (non-hydrogen) atoms. The molecule has 1 aliphatic rings. The summed E-state index contributed by atoms with van der Waals surface area (Å²) in [4.78, 5) is 16.3. The van der Waals surface area contributed by atoms with Gasteiger partial charge in [-0.3, -0.25) is 4.79 Å². The number of hydrogen-bond donors (Lipinski definition) is 2. The highest BCUT2D eigenvalue weighted by atomic mass is 16.5. The summed E-state index contributed by atoms with van der Waals surface area (Å²) in [6.07, 6.45) is 3.01. The smallest absolute Gasteiger partial charge is 0.253 e. The van der Waals surface area contributed by atoms with E-state index in [1.807, 2.05) is 36.4 Å². The van der Waals surface area contributed by atoms with Crippen LogP contribution >= 0.6 is 0 Å². The Hall–Kier alpha value is -2.60. The van der Waals surface area contributed by atoms with Gasteiger partial charge in [0.05, 0.1) is 19.0 Å². The molecule has 3 rings (SSSR count). The summed E-state index contributed by atoms with van der Waals surface area (Å²) in [5.74, 6) is 1.46. The molecule has 6 nitrogen and oxygen atoms in total. The van der Waals surface area contributed by atoms with E-state index < -0.39 is 0 Å². The molecule has 1 aromatic carbocycles. The van der Waals surface area contributed by atoms with E-state index in [0.29, 0.717) is 18.8 Å². The van der Waals surface area contributed by atoms with Crippen LogP contribution in [0.2, 0.25) is 0 Å². The maximum absolute atomic E-state index is 12.0. The van der Waals surface area contributed by atoms with Crippen molar-refractivity contribution in [3.8, 4) is 5.75 Å². The third-order valence-corrected chi connectivity index (χ3v) is 3.91. The van der Waals surface area contributed by atoms with Crippen molar-refractivity contribution >= 4 is 17.4 Å². The van der Waals surface area contributed by atoms with Gasteiger partial charge in [-0.25, -0.2) is 4.98 Å². The number of benzene rings is 1. The number of pyridine rings is 1. The quantitative estimate of drug-likeness (QED) is 0.853. The fourth-order valence-electron chi connectivity index (χ4n) is 2.61. The van der Waals surface area contributed by atoms with E-state index in [2.05, 4.69) is 15.6 Å². The normalized spacial score (nSPS) is 16.6. The molecule has 0 radical (unpaired) electrons. The van der Waals surface area contributed by atoms with Gasteiger partial charge in [0, 0.05) is 18.7 Å². The Morgan fingerprint density at radius 1 is 1.33 bits per heavy atom. The van der Waals surface area contributed by atoms with Crippen molar-refractivity contribution in [3.05, 3.63) is 48.2 Å². The molecule has 1 unspecified atom stereocenters. The molecule has 0 spiro atoms. The first kappa shape index (κ1) is 16.3. The molecule has 1 atom stereocenters. The van der Waals surface area contributed by atoms with E-state index in [9.17, 15) is 4.79 Å². The first-order valence-corrected chi connectivity index (χ1v) is 8.00. The molecule has 0 saturated carbocycles. The van der Waals surface area contributed by atoms with Gasteiger partial charge in [0.1, 0.15) is 17.7 Å². The Labute approximate surface area is 141 Å². The lowest BCUT2D eigenvalue weighted by Gasteiger charge is -2.12.